The zero-order chi connectivity index (χ0) is 31.9. The van der Waals surface area contributed by atoms with Crippen molar-refractivity contribution in [1.82, 2.24) is 5.32 Å². The fraction of sp³-hybridized carbons (Fsp3) is 0.323. The summed E-state index contributed by atoms with van der Waals surface area (Å²) in [4.78, 5) is 12.1. The van der Waals surface area contributed by atoms with E-state index in [1.54, 1.807) is 65.0 Å². The molecule has 0 saturated heterocycles. The summed E-state index contributed by atoms with van der Waals surface area (Å²) in [5.74, 6) is -0.530. The van der Waals surface area contributed by atoms with Crippen molar-refractivity contribution in [3.05, 3.63) is 93.8 Å². The van der Waals surface area contributed by atoms with Crippen LogP contribution in [0.15, 0.2) is 65.6 Å². The van der Waals surface area contributed by atoms with Crippen molar-refractivity contribution < 1.29 is 35.5 Å². The molecule has 1 N–H and O–H groups in total. The van der Waals surface area contributed by atoms with E-state index < -0.39 is 56.3 Å². The second kappa shape index (κ2) is 11.8. The van der Waals surface area contributed by atoms with Gasteiger partial charge in [-0.3, -0.25) is 4.31 Å². The van der Waals surface area contributed by atoms with Crippen LogP contribution in [0.1, 0.15) is 56.9 Å². The Kier molecular flexibility index (Phi) is 8.91. The molecule has 6 nitrogen and oxygen atoms in total. The number of anilines is 1. The van der Waals surface area contributed by atoms with Crippen LogP contribution in [0, 0.1) is 5.82 Å². The van der Waals surface area contributed by atoms with E-state index in [1.165, 1.54) is 12.1 Å². The number of benzene rings is 3. The lowest BCUT2D eigenvalue weighted by Gasteiger charge is -2.41. The first-order valence-corrected chi connectivity index (χ1v) is 15.2. The predicted molar refractivity (Wildman–Crippen MR) is 159 cm³/mol. The van der Waals surface area contributed by atoms with Crippen LogP contribution in [-0.4, -0.2) is 32.2 Å². The monoisotopic (exact) mass is 638 g/mol. The molecule has 2 atom stereocenters. The van der Waals surface area contributed by atoms with Gasteiger partial charge in [0.05, 0.1) is 33.3 Å². The number of rotatable bonds is 5. The highest BCUT2D eigenvalue weighted by Crippen LogP contribution is 2.39. The molecule has 1 aliphatic rings. The number of carbonyl (C=O) groups is 1. The van der Waals surface area contributed by atoms with Gasteiger partial charge in [-0.05, 0) is 94.1 Å². The van der Waals surface area contributed by atoms with Crippen LogP contribution in [0.25, 0.3) is 11.6 Å². The quantitative estimate of drug-likeness (QED) is 0.226. The minimum atomic E-state index is -4.76. The van der Waals surface area contributed by atoms with Crippen LogP contribution < -0.4 is 9.62 Å². The van der Waals surface area contributed by atoms with Gasteiger partial charge in [0, 0.05) is 5.56 Å². The number of hydrogen-bond donors (Lipinski definition) is 1. The van der Waals surface area contributed by atoms with Gasteiger partial charge < -0.3 is 10.1 Å². The van der Waals surface area contributed by atoms with Crippen LogP contribution >= 0.6 is 11.6 Å². The highest BCUT2D eigenvalue weighted by atomic mass is 35.5. The van der Waals surface area contributed by atoms with Crippen molar-refractivity contribution >= 4 is 45.1 Å². The molecule has 3 aromatic carbocycles. The van der Waals surface area contributed by atoms with E-state index in [0.29, 0.717) is 22.8 Å². The first kappa shape index (κ1) is 32.3. The Labute approximate surface area is 253 Å². The molecular weight excluding hydrogens is 608 g/mol. The van der Waals surface area contributed by atoms with Gasteiger partial charge in [-0.1, -0.05) is 41.9 Å². The van der Waals surface area contributed by atoms with Crippen molar-refractivity contribution in [2.24, 2.45) is 0 Å². The summed E-state index contributed by atoms with van der Waals surface area (Å²) >= 11 is 6.23. The summed E-state index contributed by atoms with van der Waals surface area (Å²) in [5.41, 5.74) is -0.0264. The van der Waals surface area contributed by atoms with Gasteiger partial charge >= 0.3 is 12.3 Å². The molecule has 1 aliphatic heterocycles. The number of nitrogens with zero attached hydrogens (tertiary/aromatic N) is 1. The van der Waals surface area contributed by atoms with Gasteiger partial charge in [0.15, 0.2) is 0 Å². The zero-order valence-electron chi connectivity index (χ0n) is 24.1. The molecule has 0 radical (unpaired) electrons. The fourth-order valence-corrected chi connectivity index (χ4v) is 7.04. The summed E-state index contributed by atoms with van der Waals surface area (Å²) < 4.78 is 89.6. The highest BCUT2D eigenvalue weighted by Gasteiger charge is 2.41. The molecule has 0 saturated carbocycles. The third kappa shape index (κ3) is 7.15. The lowest BCUT2D eigenvalue weighted by molar-refractivity contribution is -0.137. The van der Waals surface area contributed by atoms with Gasteiger partial charge in [0.1, 0.15) is 11.4 Å². The molecule has 43 heavy (non-hydrogen) atoms. The highest BCUT2D eigenvalue weighted by molar-refractivity contribution is 7.92. The molecule has 4 rings (SSSR count). The maximum atomic E-state index is 14.6. The molecule has 0 aliphatic carbocycles. The van der Waals surface area contributed by atoms with E-state index >= 15 is 0 Å². The SMILES string of the molecule is CC(=Cc1ccc2c(c1)N(S(=O)(=O)c1cccc(C(F)(F)F)c1)C(C)C(NC(=O)OC(C)(C)C)C2)c1c(F)cccc1Cl. The van der Waals surface area contributed by atoms with Crippen LogP contribution in [0.4, 0.5) is 28.0 Å². The van der Waals surface area contributed by atoms with E-state index in [0.717, 1.165) is 22.5 Å². The number of allylic oxidation sites excluding steroid dienone is 1. The third-order valence-electron chi connectivity index (χ3n) is 6.90. The summed E-state index contributed by atoms with van der Waals surface area (Å²) in [6.45, 7) is 8.26. The smallest absolute Gasteiger partial charge is 0.416 e. The molecule has 0 bridgehead atoms. The molecule has 0 fully saturated rings. The molecule has 3 aromatic rings. The Morgan fingerprint density at radius 1 is 1.07 bits per heavy atom. The molecular formula is C31H31ClF4N2O4S. The predicted octanol–water partition coefficient (Wildman–Crippen LogP) is 8.09. The second-order valence-corrected chi connectivity index (χ2v) is 13.6. The number of halogens is 5. The van der Waals surface area contributed by atoms with Crippen LogP contribution in [0.3, 0.4) is 0 Å². The van der Waals surface area contributed by atoms with Crippen LogP contribution in [0.5, 0.6) is 0 Å². The fourth-order valence-electron chi connectivity index (χ4n) is 4.96. The maximum absolute atomic E-state index is 14.6. The minimum absolute atomic E-state index is 0.185. The topological polar surface area (TPSA) is 75.7 Å². The van der Waals surface area contributed by atoms with Crippen molar-refractivity contribution in [1.29, 1.82) is 0 Å². The van der Waals surface area contributed by atoms with E-state index in [1.807, 2.05) is 0 Å². The van der Waals surface area contributed by atoms with Gasteiger partial charge in [0.25, 0.3) is 10.0 Å². The Hall–Kier alpha value is -3.57. The Morgan fingerprint density at radius 3 is 2.37 bits per heavy atom. The normalized spacial score (nSPS) is 17.8. The van der Waals surface area contributed by atoms with E-state index in [9.17, 15) is 30.8 Å². The number of amides is 1. The second-order valence-electron chi connectivity index (χ2n) is 11.3. The summed E-state index contributed by atoms with van der Waals surface area (Å²) in [6.07, 6.45) is -3.68. The van der Waals surface area contributed by atoms with Crippen molar-refractivity contribution in [2.45, 2.75) is 69.8 Å². The van der Waals surface area contributed by atoms with Crippen molar-refractivity contribution in [3.8, 4) is 0 Å². The molecule has 1 heterocycles. The largest absolute Gasteiger partial charge is 0.444 e. The minimum Gasteiger partial charge on any atom is -0.444 e. The number of ether oxygens (including phenoxy) is 1. The number of alkyl carbamates (subject to hydrolysis) is 1. The average molecular weight is 639 g/mol. The van der Waals surface area contributed by atoms with Gasteiger partial charge in [-0.15, -0.1) is 0 Å². The maximum Gasteiger partial charge on any atom is 0.416 e. The Bertz CT molecular complexity index is 1660. The van der Waals surface area contributed by atoms with Crippen molar-refractivity contribution in [2.75, 3.05) is 4.31 Å². The molecule has 2 unspecified atom stereocenters. The lowest BCUT2D eigenvalue weighted by atomic mass is 9.92. The summed E-state index contributed by atoms with van der Waals surface area (Å²) in [6, 6.07) is 11.0. The van der Waals surface area contributed by atoms with Gasteiger partial charge in [0.2, 0.25) is 0 Å². The number of carbonyl (C=O) groups excluding carboxylic acids is 1. The molecule has 1 amide bonds. The Morgan fingerprint density at radius 2 is 1.74 bits per heavy atom. The molecule has 12 heteroatoms. The number of nitrogens with one attached hydrogen (secondary N) is 1. The molecule has 0 spiro atoms. The molecule has 230 valence electrons. The Balaban J connectivity index is 1.84. The van der Waals surface area contributed by atoms with Crippen molar-refractivity contribution in [3.63, 3.8) is 0 Å². The number of alkyl halides is 3. The number of fused-ring (bicyclic) bond motifs is 1. The summed E-state index contributed by atoms with van der Waals surface area (Å²) in [5, 5.41) is 2.92. The number of hydrogen-bond acceptors (Lipinski definition) is 4. The third-order valence-corrected chi connectivity index (χ3v) is 9.11. The van der Waals surface area contributed by atoms with E-state index in [2.05, 4.69) is 5.32 Å². The first-order valence-electron chi connectivity index (χ1n) is 13.4. The standard InChI is InChI=1S/C31H31ClF4N2O4S/c1-18(28-24(32)10-7-11-25(28)33)14-20-12-13-21-16-26(37-29(39)42-30(3,4)5)19(2)38(27(21)15-20)43(40,41)23-9-6-8-22(17-23)31(34,35)36/h6-15,17,19,26H,16H2,1-5H3,(H,37,39). The van der Waals surface area contributed by atoms with Crippen LogP contribution in [-0.2, 0) is 27.4 Å². The zero-order valence-corrected chi connectivity index (χ0v) is 25.7. The molecule has 0 aromatic heterocycles. The first-order chi connectivity index (χ1) is 19.9. The van der Waals surface area contributed by atoms with Crippen LogP contribution in [0.2, 0.25) is 5.02 Å². The average Bonchev–Trinajstić information content (AvgIpc) is 2.87. The van der Waals surface area contributed by atoms with E-state index in [4.69, 9.17) is 16.3 Å². The summed E-state index contributed by atoms with van der Waals surface area (Å²) in [7, 11) is -4.58. The van der Waals surface area contributed by atoms with E-state index in [-0.39, 0.29) is 22.7 Å². The number of sulfonamides is 1. The van der Waals surface area contributed by atoms with Gasteiger partial charge in [-0.25, -0.2) is 17.6 Å². The van der Waals surface area contributed by atoms with Gasteiger partial charge in [-0.2, -0.15) is 13.2 Å². The lowest BCUT2D eigenvalue weighted by Crippen LogP contribution is -2.56.